The number of H-pyrrole nitrogens is 1. The van der Waals surface area contributed by atoms with E-state index in [-0.39, 0.29) is 35.6 Å². The van der Waals surface area contributed by atoms with E-state index in [0.29, 0.717) is 74.0 Å². The number of halogens is 4. The quantitative estimate of drug-likeness (QED) is 0.169. The molecule has 6 heterocycles. The van der Waals surface area contributed by atoms with Crippen LogP contribution in [0.5, 0.6) is 5.75 Å². The van der Waals surface area contributed by atoms with Gasteiger partial charge in [-0.3, -0.25) is 14.8 Å². The van der Waals surface area contributed by atoms with Gasteiger partial charge in [-0.25, -0.2) is 9.37 Å². The molecule has 11 nitrogen and oxygen atoms in total. The van der Waals surface area contributed by atoms with Gasteiger partial charge in [0.05, 0.1) is 11.7 Å². The fraction of sp³-hybridized carbons (Fsp3) is 0.538. The third-order valence-electron chi connectivity index (χ3n) is 12.3. The predicted molar refractivity (Wildman–Crippen MR) is 197 cm³/mol. The maximum Gasteiger partial charge on any atom is 0.422 e. The van der Waals surface area contributed by atoms with Gasteiger partial charge in [0.25, 0.3) is 0 Å². The fourth-order valence-corrected chi connectivity index (χ4v) is 9.03. The van der Waals surface area contributed by atoms with E-state index in [1.165, 1.54) is 13.2 Å². The van der Waals surface area contributed by atoms with Gasteiger partial charge in [0, 0.05) is 87.3 Å². The van der Waals surface area contributed by atoms with E-state index in [2.05, 4.69) is 32.6 Å². The summed E-state index contributed by atoms with van der Waals surface area (Å²) in [5.74, 6) is 1.25. The minimum Gasteiger partial charge on any atom is -0.481 e. The van der Waals surface area contributed by atoms with Crippen LogP contribution in [-0.2, 0) is 9.53 Å². The molecular weight excluding hydrogens is 704 g/mol. The Hall–Kier alpha value is -4.50. The summed E-state index contributed by atoms with van der Waals surface area (Å²) in [6.07, 6.45) is 0.438. The number of aromatic nitrogens is 4. The average molecular weight is 749 g/mol. The Labute approximate surface area is 310 Å². The Balaban J connectivity index is 1.17. The Bertz CT molecular complexity index is 2110. The van der Waals surface area contributed by atoms with E-state index < -0.39 is 25.1 Å². The van der Waals surface area contributed by atoms with Crippen LogP contribution in [-0.4, -0.2) is 126 Å². The molecule has 15 heteroatoms. The first-order chi connectivity index (χ1) is 25.9. The molecule has 2 aromatic heterocycles. The first kappa shape index (κ1) is 35.2. The number of ether oxygens (including phenoxy) is 2. The number of methoxy groups -OCH3 is 1. The molecule has 4 aliphatic heterocycles. The highest BCUT2D eigenvalue weighted by molar-refractivity contribution is 6.06. The molecule has 1 aliphatic carbocycles. The number of piperidine rings is 1. The molecule has 4 aromatic rings. The van der Waals surface area contributed by atoms with Crippen molar-refractivity contribution in [2.24, 2.45) is 5.41 Å². The Morgan fingerprint density at radius 2 is 1.81 bits per heavy atom. The normalized spacial score (nSPS) is 23.3. The number of nitrogens with one attached hydrogen (secondary N) is 1. The standard InChI is InChI=1S/C39H44F4N8O3/c1-4-31(52)51-19-38(20-51)9-11-48(12-10-38)36-26-13-25(23-6-7-23)33(32-22(2)5-8-29-27(32)14-44-47-29)35(54-21-39(41,42)43)34(26)45-37(46-36)50-15-24(16-50)49-17-28(40)30(18-49)53-3/h4-5,8,13-14,23-24,28,30H,1,6-7,9-12,15-21H2,2-3H3,(H,44,47)/t28-,30+/m0/s1. The number of fused-ring (bicyclic) bond motifs is 2. The number of hydrogen-bond acceptors (Lipinski definition) is 9. The van der Waals surface area contributed by atoms with Gasteiger partial charge in [-0.1, -0.05) is 12.6 Å². The fourth-order valence-electron chi connectivity index (χ4n) is 9.03. The maximum atomic E-state index is 14.6. The van der Waals surface area contributed by atoms with Gasteiger partial charge in [-0.2, -0.15) is 23.3 Å². The van der Waals surface area contributed by atoms with Crippen molar-refractivity contribution in [1.29, 1.82) is 0 Å². The average Bonchev–Trinajstić information content (AvgIpc) is 3.74. The van der Waals surface area contributed by atoms with Crippen LogP contribution >= 0.6 is 0 Å². The summed E-state index contributed by atoms with van der Waals surface area (Å²) in [5, 5.41) is 8.75. The summed E-state index contributed by atoms with van der Waals surface area (Å²) in [4.78, 5) is 30.6. The van der Waals surface area contributed by atoms with Gasteiger partial charge >= 0.3 is 6.18 Å². The molecule has 1 saturated carbocycles. The first-order valence-electron chi connectivity index (χ1n) is 18.8. The van der Waals surface area contributed by atoms with Crippen molar-refractivity contribution in [3.8, 4) is 16.9 Å². The third-order valence-corrected chi connectivity index (χ3v) is 12.3. The number of amides is 1. The van der Waals surface area contributed by atoms with Crippen molar-refractivity contribution >= 4 is 39.5 Å². The number of hydrogen-bond donors (Lipinski definition) is 1. The van der Waals surface area contributed by atoms with Crippen LogP contribution in [0.25, 0.3) is 32.9 Å². The Morgan fingerprint density at radius 3 is 2.48 bits per heavy atom. The number of alkyl halides is 4. The lowest BCUT2D eigenvalue weighted by molar-refractivity contribution is -0.153. The van der Waals surface area contributed by atoms with Gasteiger partial charge in [-0.15, -0.1) is 0 Å². The highest BCUT2D eigenvalue weighted by Gasteiger charge is 2.47. The maximum absolute atomic E-state index is 14.6. The highest BCUT2D eigenvalue weighted by atomic mass is 19.4. The number of carbonyl (C=O) groups excluding carboxylic acids is 1. The molecule has 1 amide bonds. The first-order valence-corrected chi connectivity index (χ1v) is 18.8. The Kier molecular flexibility index (Phi) is 8.52. The number of rotatable bonds is 9. The molecule has 2 aromatic carbocycles. The number of aryl methyl sites for hydroxylation is 1. The zero-order valence-corrected chi connectivity index (χ0v) is 30.5. The SMILES string of the molecule is C=CC(=O)N1CC2(CCN(c3nc(N4CC(N5C[C@H](F)[C@H](OC)C5)C4)nc4c(OCC(F)(F)F)c(-c5c(C)ccc6[nH]ncc56)c(C5CC5)cc34)CC2)C1. The van der Waals surface area contributed by atoms with E-state index in [9.17, 15) is 22.4 Å². The van der Waals surface area contributed by atoms with E-state index >= 15 is 0 Å². The van der Waals surface area contributed by atoms with Crippen LogP contribution in [0.1, 0.15) is 42.7 Å². The lowest BCUT2D eigenvalue weighted by Gasteiger charge is -2.54. The van der Waals surface area contributed by atoms with Gasteiger partial charge in [-0.05, 0) is 73.4 Å². The molecule has 1 N–H and O–H groups in total. The molecule has 0 unspecified atom stereocenters. The van der Waals surface area contributed by atoms with E-state index in [0.717, 1.165) is 53.3 Å². The van der Waals surface area contributed by atoms with Crippen molar-refractivity contribution < 1.29 is 31.8 Å². The van der Waals surface area contributed by atoms with E-state index in [1.807, 2.05) is 28.9 Å². The molecule has 54 heavy (non-hydrogen) atoms. The molecule has 5 aliphatic rings. The van der Waals surface area contributed by atoms with Gasteiger partial charge in [0.2, 0.25) is 11.9 Å². The number of anilines is 2. The number of benzene rings is 2. The van der Waals surface area contributed by atoms with Crippen LogP contribution in [0.4, 0.5) is 29.3 Å². The van der Waals surface area contributed by atoms with E-state index in [4.69, 9.17) is 19.4 Å². The van der Waals surface area contributed by atoms with Gasteiger partial charge < -0.3 is 24.2 Å². The summed E-state index contributed by atoms with van der Waals surface area (Å²) in [7, 11) is 1.53. The summed E-state index contributed by atoms with van der Waals surface area (Å²) >= 11 is 0. The van der Waals surface area contributed by atoms with Crippen LogP contribution in [0.3, 0.4) is 0 Å². The number of carbonyl (C=O) groups is 1. The summed E-state index contributed by atoms with van der Waals surface area (Å²) < 4.78 is 68.2. The van der Waals surface area contributed by atoms with Crippen LogP contribution < -0.4 is 14.5 Å². The number of aromatic amines is 1. The van der Waals surface area contributed by atoms with Crippen molar-refractivity contribution in [3.63, 3.8) is 0 Å². The molecule has 2 atom stereocenters. The molecular formula is C39H44F4N8O3. The predicted octanol–water partition coefficient (Wildman–Crippen LogP) is 5.77. The Morgan fingerprint density at radius 1 is 1.06 bits per heavy atom. The summed E-state index contributed by atoms with van der Waals surface area (Å²) in [5.41, 5.74) is 4.33. The highest BCUT2D eigenvalue weighted by Crippen LogP contribution is 2.53. The minimum absolute atomic E-state index is 0.0176. The topological polar surface area (TPSA) is 103 Å². The smallest absolute Gasteiger partial charge is 0.422 e. The molecule has 9 rings (SSSR count). The molecule has 4 saturated heterocycles. The molecule has 1 spiro atoms. The van der Waals surface area contributed by atoms with E-state index in [1.54, 1.807) is 6.20 Å². The summed E-state index contributed by atoms with van der Waals surface area (Å²) in [6.45, 7) is 8.67. The molecule has 5 fully saturated rings. The third kappa shape index (κ3) is 6.12. The van der Waals surface area contributed by atoms with Crippen molar-refractivity contribution in [1.82, 2.24) is 30.0 Å². The van der Waals surface area contributed by atoms with Crippen LogP contribution in [0, 0.1) is 12.3 Å². The van der Waals surface area contributed by atoms with Crippen molar-refractivity contribution in [3.05, 3.63) is 48.2 Å². The van der Waals surface area contributed by atoms with Gasteiger partial charge in [0.15, 0.2) is 12.4 Å². The van der Waals surface area contributed by atoms with Crippen LogP contribution in [0.15, 0.2) is 37.1 Å². The molecule has 0 radical (unpaired) electrons. The second-order valence-corrected chi connectivity index (χ2v) is 15.9. The largest absolute Gasteiger partial charge is 0.481 e. The second kappa shape index (κ2) is 13.1. The zero-order valence-electron chi connectivity index (χ0n) is 30.5. The van der Waals surface area contributed by atoms with Crippen molar-refractivity contribution in [2.45, 2.75) is 63.0 Å². The lowest BCUT2D eigenvalue weighted by Crippen LogP contribution is -2.61. The second-order valence-electron chi connectivity index (χ2n) is 15.9. The molecule has 286 valence electrons. The monoisotopic (exact) mass is 748 g/mol. The minimum atomic E-state index is -4.59. The molecule has 0 bridgehead atoms. The van der Waals surface area contributed by atoms with Crippen LogP contribution in [0.2, 0.25) is 0 Å². The zero-order chi connectivity index (χ0) is 37.5. The number of nitrogens with zero attached hydrogens (tertiary/aromatic N) is 7. The summed E-state index contributed by atoms with van der Waals surface area (Å²) in [6, 6.07) is 6.03. The lowest BCUT2D eigenvalue weighted by atomic mass is 9.72. The van der Waals surface area contributed by atoms with Gasteiger partial charge in [0.1, 0.15) is 23.6 Å². The van der Waals surface area contributed by atoms with Crippen molar-refractivity contribution in [2.75, 3.05) is 75.9 Å². The number of likely N-dealkylation sites (tertiary alicyclic amines) is 2.